The van der Waals surface area contributed by atoms with Crippen molar-refractivity contribution in [3.05, 3.63) is 21.0 Å². The molecule has 1 aromatic heterocycles. The third-order valence-corrected chi connectivity index (χ3v) is 2.72. The van der Waals surface area contributed by atoms with Crippen molar-refractivity contribution in [2.24, 2.45) is 0 Å². The van der Waals surface area contributed by atoms with Crippen LogP contribution in [0.5, 0.6) is 0 Å². The van der Waals surface area contributed by atoms with Crippen molar-refractivity contribution < 1.29 is 0 Å². The topological polar surface area (TPSA) is 15.8 Å². The van der Waals surface area contributed by atoms with Crippen LogP contribution in [0.1, 0.15) is 25.0 Å². The second kappa shape index (κ2) is 3.42. The zero-order valence-corrected chi connectivity index (χ0v) is 8.53. The molecule has 1 N–H and O–H groups in total. The molecule has 2 heteroatoms. The van der Waals surface area contributed by atoms with Gasteiger partial charge in [-0.3, -0.25) is 0 Å². The molecule has 0 spiro atoms. The Balaban J connectivity index is 3.01. The van der Waals surface area contributed by atoms with Gasteiger partial charge in [-0.2, -0.15) is 0 Å². The van der Waals surface area contributed by atoms with Gasteiger partial charge in [-0.1, -0.05) is 13.8 Å². The first-order valence-corrected chi connectivity index (χ1v) is 4.72. The lowest BCUT2D eigenvalue weighted by atomic mass is 10.1. The molecule has 10 heavy (non-hydrogen) atoms. The maximum Gasteiger partial charge on any atom is 0.0807 e. The molecule has 0 amide bonds. The van der Waals surface area contributed by atoms with Gasteiger partial charge in [-0.05, 0) is 46.6 Å². The Morgan fingerprint density at radius 2 is 2.10 bits per heavy atom. The van der Waals surface area contributed by atoms with E-state index >= 15 is 0 Å². The van der Waals surface area contributed by atoms with E-state index in [-0.39, 0.29) is 0 Å². The summed E-state index contributed by atoms with van der Waals surface area (Å²) in [7, 11) is 0. The van der Waals surface area contributed by atoms with Crippen LogP contribution < -0.4 is 0 Å². The number of H-pyrrole nitrogens is 1. The first-order chi connectivity index (χ1) is 4.79. The van der Waals surface area contributed by atoms with E-state index in [9.17, 15) is 0 Å². The first-order valence-electron chi connectivity index (χ1n) is 3.64. The van der Waals surface area contributed by atoms with E-state index in [4.69, 9.17) is 0 Å². The zero-order chi connectivity index (χ0) is 7.56. The molecule has 1 nitrogen and oxygen atoms in total. The van der Waals surface area contributed by atoms with Crippen LogP contribution in [-0.2, 0) is 12.8 Å². The van der Waals surface area contributed by atoms with Crippen molar-refractivity contribution in [1.82, 2.24) is 4.98 Å². The molecule has 0 saturated heterocycles. The Morgan fingerprint density at radius 1 is 1.40 bits per heavy atom. The summed E-state index contributed by atoms with van der Waals surface area (Å²) in [5.41, 5.74) is 2.95. The molecule has 0 aromatic carbocycles. The highest BCUT2D eigenvalue weighted by Gasteiger charge is 2.03. The van der Waals surface area contributed by atoms with E-state index in [1.54, 1.807) is 0 Å². The summed E-state index contributed by atoms with van der Waals surface area (Å²) in [5, 5.41) is 0. The number of aromatic amines is 1. The molecule has 1 rings (SSSR count). The fourth-order valence-electron chi connectivity index (χ4n) is 1.16. The monoisotopic (exact) mass is 249 g/mol. The van der Waals surface area contributed by atoms with Crippen molar-refractivity contribution in [2.75, 3.05) is 0 Å². The predicted molar refractivity (Wildman–Crippen MR) is 52.3 cm³/mol. The molecular weight excluding hydrogens is 237 g/mol. The second-order valence-electron chi connectivity index (χ2n) is 2.31. The SMILES string of the molecule is CCc1c[nH]c(I)c1CC. The number of hydrogen-bond acceptors (Lipinski definition) is 0. The molecule has 0 bridgehead atoms. The molecule has 0 unspecified atom stereocenters. The molecule has 0 aliphatic heterocycles. The Kier molecular flexibility index (Phi) is 2.77. The Labute approximate surface area is 75.4 Å². The average molecular weight is 249 g/mol. The molecular formula is C8H12IN. The standard InChI is InChI=1S/C8H12IN/c1-3-6-5-10-8(9)7(6)4-2/h5,10H,3-4H2,1-2H3. The van der Waals surface area contributed by atoms with Gasteiger partial charge in [-0.15, -0.1) is 0 Å². The Bertz CT molecular complexity index is 215. The molecule has 0 aliphatic rings. The largest absolute Gasteiger partial charge is 0.356 e. The minimum Gasteiger partial charge on any atom is -0.356 e. The van der Waals surface area contributed by atoms with Gasteiger partial charge in [0.2, 0.25) is 0 Å². The van der Waals surface area contributed by atoms with Gasteiger partial charge in [0.1, 0.15) is 0 Å². The van der Waals surface area contributed by atoms with E-state index in [1.165, 1.54) is 14.8 Å². The molecule has 1 heterocycles. The predicted octanol–water partition coefficient (Wildman–Crippen LogP) is 2.74. The van der Waals surface area contributed by atoms with Crippen LogP contribution in [0.25, 0.3) is 0 Å². The Hall–Kier alpha value is 0.01000. The van der Waals surface area contributed by atoms with Crippen LogP contribution in [0.2, 0.25) is 0 Å². The highest BCUT2D eigenvalue weighted by atomic mass is 127. The van der Waals surface area contributed by atoms with Crippen LogP contribution in [0.3, 0.4) is 0 Å². The third-order valence-electron chi connectivity index (χ3n) is 1.76. The van der Waals surface area contributed by atoms with E-state index in [1.807, 2.05) is 0 Å². The number of hydrogen-bond donors (Lipinski definition) is 1. The number of nitrogens with one attached hydrogen (secondary N) is 1. The van der Waals surface area contributed by atoms with Gasteiger partial charge >= 0.3 is 0 Å². The van der Waals surface area contributed by atoms with Crippen LogP contribution in [-0.4, -0.2) is 4.98 Å². The van der Waals surface area contributed by atoms with Crippen molar-refractivity contribution in [3.8, 4) is 0 Å². The van der Waals surface area contributed by atoms with E-state index in [2.05, 4.69) is 47.6 Å². The lowest BCUT2D eigenvalue weighted by molar-refractivity contribution is 1.05. The number of aryl methyl sites for hydroxylation is 1. The van der Waals surface area contributed by atoms with E-state index in [0.29, 0.717) is 0 Å². The highest BCUT2D eigenvalue weighted by molar-refractivity contribution is 14.1. The fraction of sp³-hybridized carbons (Fsp3) is 0.500. The summed E-state index contributed by atoms with van der Waals surface area (Å²) in [4.78, 5) is 3.23. The second-order valence-corrected chi connectivity index (χ2v) is 3.39. The lowest BCUT2D eigenvalue weighted by Gasteiger charge is -1.95. The van der Waals surface area contributed by atoms with E-state index < -0.39 is 0 Å². The van der Waals surface area contributed by atoms with Crippen molar-refractivity contribution in [3.63, 3.8) is 0 Å². The minimum atomic E-state index is 1.14. The first kappa shape index (κ1) is 8.11. The number of aromatic nitrogens is 1. The third kappa shape index (κ3) is 1.36. The minimum absolute atomic E-state index is 1.14. The summed E-state index contributed by atoms with van der Waals surface area (Å²) < 4.78 is 1.30. The summed E-state index contributed by atoms with van der Waals surface area (Å²) in [6, 6.07) is 0. The fourth-order valence-corrected chi connectivity index (χ4v) is 2.05. The van der Waals surface area contributed by atoms with Gasteiger partial charge in [0.15, 0.2) is 0 Å². The lowest BCUT2D eigenvalue weighted by Crippen LogP contribution is -1.85. The van der Waals surface area contributed by atoms with Crippen LogP contribution in [0.4, 0.5) is 0 Å². The molecule has 0 aliphatic carbocycles. The van der Waals surface area contributed by atoms with Crippen LogP contribution in [0, 0.1) is 3.70 Å². The van der Waals surface area contributed by atoms with E-state index in [0.717, 1.165) is 12.8 Å². The molecule has 0 fully saturated rings. The van der Waals surface area contributed by atoms with Gasteiger partial charge < -0.3 is 4.98 Å². The maximum atomic E-state index is 3.23. The van der Waals surface area contributed by atoms with Gasteiger partial charge in [0.25, 0.3) is 0 Å². The number of halogens is 1. The van der Waals surface area contributed by atoms with Gasteiger partial charge in [-0.25, -0.2) is 0 Å². The van der Waals surface area contributed by atoms with Crippen LogP contribution >= 0.6 is 22.6 Å². The van der Waals surface area contributed by atoms with Crippen molar-refractivity contribution in [2.45, 2.75) is 26.7 Å². The quantitative estimate of drug-likeness (QED) is 0.775. The summed E-state index contributed by atoms with van der Waals surface area (Å²) in [6.07, 6.45) is 4.40. The average Bonchev–Trinajstić information content (AvgIpc) is 2.30. The molecule has 56 valence electrons. The zero-order valence-electron chi connectivity index (χ0n) is 6.37. The summed E-state index contributed by atoms with van der Waals surface area (Å²) in [6.45, 7) is 4.39. The highest BCUT2D eigenvalue weighted by Crippen LogP contribution is 2.16. The molecule has 1 aromatic rings. The van der Waals surface area contributed by atoms with Gasteiger partial charge in [0, 0.05) is 6.20 Å². The van der Waals surface area contributed by atoms with Crippen LogP contribution in [0.15, 0.2) is 6.20 Å². The number of rotatable bonds is 2. The van der Waals surface area contributed by atoms with Crippen molar-refractivity contribution in [1.29, 1.82) is 0 Å². The molecule has 0 saturated carbocycles. The smallest absolute Gasteiger partial charge is 0.0807 e. The molecule has 0 atom stereocenters. The summed E-state index contributed by atoms with van der Waals surface area (Å²) in [5.74, 6) is 0. The summed E-state index contributed by atoms with van der Waals surface area (Å²) >= 11 is 2.35. The molecule has 0 radical (unpaired) electrons. The van der Waals surface area contributed by atoms with Crippen molar-refractivity contribution >= 4 is 22.6 Å². The Morgan fingerprint density at radius 3 is 2.50 bits per heavy atom. The normalized spacial score (nSPS) is 10.3. The maximum absolute atomic E-state index is 3.23. The van der Waals surface area contributed by atoms with Gasteiger partial charge in [0.05, 0.1) is 3.70 Å².